The van der Waals surface area contributed by atoms with Crippen LogP contribution in [0.25, 0.3) is 0 Å². The summed E-state index contributed by atoms with van der Waals surface area (Å²) in [7, 11) is 0. The normalized spacial score (nSPS) is 20.0. The van der Waals surface area contributed by atoms with Gasteiger partial charge < -0.3 is 9.64 Å². The highest BCUT2D eigenvalue weighted by atomic mass is 32.2. The van der Waals surface area contributed by atoms with E-state index in [1.807, 2.05) is 25.7 Å². The number of ether oxygens (including phenoxy) is 1. The number of carbonyl (C=O) groups excluding carboxylic acids is 2. The second-order valence-corrected chi connectivity index (χ2v) is 8.29. The average Bonchev–Trinajstić information content (AvgIpc) is 2.86. The lowest BCUT2D eigenvalue weighted by Gasteiger charge is -2.31. The summed E-state index contributed by atoms with van der Waals surface area (Å²) in [5, 5.41) is 0.247. The van der Waals surface area contributed by atoms with Crippen LogP contribution in [0.1, 0.15) is 66.7 Å². The highest BCUT2D eigenvalue weighted by Crippen LogP contribution is 2.29. The molecule has 1 aliphatic rings. The van der Waals surface area contributed by atoms with Crippen molar-refractivity contribution < 1.29 is 14.3 Å². The third-order valence-electron chi connectivity index (χ3n) is 3.83. The lowest BCUT2D eigenvalue weighted by atomic mass is 9.97. The molecule has 0 aromatic rings. The van der Waals surface area contributed by atoms with Gasteiger partial charge in [0.25, 0.3) is 0 Å². The molecule has 0 N–H and O–H groups in total. The molecule has 5 heteroatoms. The van der Waals surface area contributed by atoms with E-state index in [0.29, 0.717) is 6.42 Å². The van der Waals surface area contributed by atoms with Crippen molar-refractivity contribution in [2.24, 2.45) is 5.92 Å². The highest BCUT2D eigenvalue weighted by molar-refractivity contribution is 8.13. The topological polar surface area (TPSA) is 46.6 Å². The Morgan fingerprint density at radius 2 is 2.05 bits per heavy atom. The van der Waals surface area contributed by atoms with Gasteiger partial charge in [-0.15, -0.1) is 0 Å². The predicted octanol–water partition coefficient (Wildman–Crippen LogP) is 4.47. The molecule has 2 atom stereocenters. The van der Waals surface area contributed by atoms with E-state index in [4.69, 9.17) is 4.74 Å². The first kappa shape index (κ1) is 19.3. The van der Waals surface area contributed by atoms with E-state index in [1.165, 1.54) is 11.8 Å². The van der Waals surface area contributed by atoms with Crippen molar-refractivity contribution in [1.82, 2.24) is 4.90 Å². The summed E-state index contributed by atoms with van der Waals surface area (Å²) in [4.78, 5) is 26.1. The van der Waals surface area contributed by atoms with Crippen LogP contribution in [-0.2, 0) is 9.53 Å². The van der Waals surface area contributed by atoms with Crippen LogP contribution in [0.5, 0.6) is 0 Å². The van der Waals surface area contributed by atoms with Gasteiger partial charge in [-0.1, -0.05) is 32.0 Å². The SMILES string of the molecule is CCCCSC(=O)CC(C)C1CCCN1C(=O)OC(C)(C)C. The summed E-state index contributed by atoms with van der Waals surface area (Å²) >= 11 is 1.43. The van der Waals surface area contributed by atoms with Crippen molar-refractivity contribution >= 4 is 23.0 Å². The van der Waals surface area contributed by atoms with E-state index < -0.39 is 5.60 Å². The Kier molecular flexibility index (Phi) is 7.74. The Hall–Kier alpha value is -0.710. The van der Waals surface area contributed by atoms with Crippen LogP contribution in [0, 0.1) is 5.92 Å². The zero-order chi connectivity index (χ0) is 16.8. The Morgan fingerprint density at radius 3 is 2.64 bits per heavy atom. The summed E-state index contributed by atoms with van der Waals surface area (Å²) in [6.45, 7) is 10.6. The Labute approximate surface area is 139 Å². The monoisotopic (exact) mass is 329 g/mol. The molecule has 0 aromatic carbocycles. The first-order valence-corrected chi connectivity index (χ1v) is 9.38. The van der Waals surface area contributed by atoms with Crippen molar-refractivity contribution in [3.63, 3.8) is 0 Å². The van der Waals surface area contributed by atoms with Gasteiger partial charge >= 0.3 is 6.09 Å². The Balaban J connectivity index is 2.51. The number of unbranched alkanes of at least 4 members (excludes halogenated alkanes) is 1. The molecule has 1 fully saturated rings. The molecule has 1 saturated heterocycles. The van der Waals surface area contributed by atoms with Gasteiger partial charge in [0.15, 0.2) is 5.12 Å². The quantitative estimate of drug-likeness (QED) is 0.674. The fourth-order valence-corrected chi connectivity index (χ4v) is 3.76. The summed E-state index contributed by atoms with van der Waals surface area (Å²) in [6, 6.07) is 0.130. The largest absolute Gasteiger partial charge is 0.444 e. The zero-order valence-corrected chi connectivity index (χ0v) is 15.5. The maximum atomic E-state index is 12.3. The second kappa shape index (κ2) is 8.80. The van der Waals surface area contributed by atoms with E-state index >= 15 is 0 Å². The fraction of sp³-hybridized carbons (Fsp3) is 0.882. The van der Waals surface area contributed by atoms with Gasteiger partial charge in [0.2, 0.25) is 0 Å². The lowest BCUT2D eigenvalue weighted by Crippen LogP contribution is -2.42. The molecular weight excluding hydrogens is 298 g/mol. The number of hydrogen-bond acceptors (Lipinski definition) is 4. The van der Waals surface area contributed by atoms with E-state index in [2.05, 4.69) is 13.8 Å². The third kappa shape index (κ3) is 6.59. The third-order valence-corrected chi connectivity index (χ3v) is 4.82. The van der Waals surface area contributed by atoms with Gasteiger partial charge in [0.05, 0.1) is 0 Å². The zero-order valence-electron chi connectivity index (χ0n) is 14.7. The minimum absolute atomic E-state index is 0.130. The van der Waals surface area contributed by atoms with E-state index in [9.17, 15) is 9.59 Å². The number of thioether (sulfide) groups is 1. The molecule has 0 aromatic heterocycles. The molecule has 1 aliphatic heterocycles. The molecule has 128 valence electrons. The molecule has 0 spiro atoms. The summed E-state index contributed by atoms with van der Waals surface area (Å²) in [6.07, 6.45) is 4.45. The van der Waals surface area contributed by atoms with Crippen LogP contribution in [0.4, 0.5) is 4.79 Å². The average molecular weight is 330 g/mol. The fourth-order valence-electron chi connectivity index (χ4n) is 2.72. The molecule has 22 heavy (non-hydrogen) atoms. The van der Waals surface area contributed by atoms with Crippen LogP contribution in [0.3, 0.4) is 0 Å². The number of likely N-dealkylation sites (tertiary alicyclic amines) is 1. The molecule has 1 rings (SSSR count). The second-order valence-electron chi connectivity index (χ2n) is 7.14. The molecular formula is C17H31NO3S. The van der Waals surface area contributed by atoms with Crippen LogP contribution in [0.15, 0.2) is 0 Å². The Morgan fingerprint density at radius 1 is 1.36 bits per heavy atom. The van der Waals surface area contributed by atoms with Gasteiger partial charge in [0, 0.05) is 24.8 Å². The maximum Gasteiger partial charge on any atom is 0.410 e. The molecule has 0 radical (unpaired) electrons. The summed E-state index contributed by atoms with van der Waals surface area (Å²) < 4.78 is 5.48. The molecule has 0 saturated carbocycles. The number of carbonyl (C=O) groups is 2. The number of amides is 1. The van der Waals surface area contributed by atoms with E-state index in [0.717, 1.165) is 38.0 Å². The van der Waals surface area contributed by atoms with Gasteiger partial charge in [0.1, 0.15) is 5.60 Å². The molecule has 0 bridgehead atoms. The van der Waals surface area contributed by atoms with E-state index in [1.54, 1.807) is 0 Å². The van der Waals surface area contributed by atoms with Crippen molar-refractivity contribution in [3.8, 4) is 0 Å². The minimum Gasteiger partial charge on any atom is -0.444 e. The van der Waals surface area contributed by atoms with E-state index in [-0.39, 0.29) is 23.2 Å². The number of hydrogen-bond donors (Lipinski definition) is 0. The van der Waals surface area contributed by atoms with Crippen LogP contribution >= 0.6 is 11.8 Å². The lowest BCUT2D eigenvalue weighted by molar-refractivity contribution is -0.112. The first-order chi connectivity index (χ1) is 10.2. The molecule has 1 heterocycles. The highest BCUT2D eigenvalue weighted by Gasteiger charge is 2.35. The number of nitrogens with zero attached hydrogens (tertiary/aromatic N) is 1. The van der Waals surface area contributed by atoms with Crippen molar-refractivity contribution in [2.75, 3.05) is 12.3 Å². The number of rotatable bonds is 6. The molecule has 2 unspecified atom stereocenters. The summed E-state index contributed by atoms with van der Waals surface area (Å²) in [5.74, 6) is 1.10. The molecule has 0 aliphatic carbocycles. The maximum absolute atomic E-state index is 12.3. The smallest absolute Gasteiger partial charge is 0.410 e. The van der Waals surface area contributed by atoms with Crippen LogP contribution in [-0.4, -0.2) is 40.0 Å². The van der Waals surface area contributed by atoms with Crippen molar-refractivity contribution in [3.05, 3.63) is 0 Å². The minimum atomic E-state index is -0.473. The predicted molar refractivity (Wildman–Crippen MR) is 92.1 cm³/mol. The van der Waals surface area contributed by atoms with Gasteiger partial charge in [-0.3, -0.25) is 4.79 Å². The standard InChI is InChI=1S/C17H31NO3S/c1-6-7-11-22-15(19)12-13(2)14-9-8-10-18(14)16(20)21-17(3,4)5/h13-14H,6-12H2,1-5H3. The van der Waals surface area contributed by atoms with Crippen LogP contribution < -0.4 is 0 Å². The molecule has 4 nitrogen and oxygen atoms in total. The van der Waals surface area contributed by atoms with Gasteiger partial charge in [-0.2, -0.15) is 0 Å². The van der Waals surface area contributed by atoms with Crippen molar-refractivity contribution in [1.29, 1.82) is 0 Å². The first-order valence-electron chi connectivity index (χ1n) is 8.40. The van der Waals surface area contributed by atoms with Gasteiger partial charge in [-0.25, -0.2) is 4.79 Å². The van der Waals surface area contributed by atoms with Gasteiger partial charge in [-0.05, 0) is 46.0 Å². The van der Waals surface area contributed by atoms with Crippen molar-refractivity contribution in [2.45, 2.75) is 78.4 Å². The van der Waals surface area contributed by atoms with Crippen LogP contribution in [0.2, 0.25) is 0 Å². The Bertz CT molecular complexity index is 379. The molecule has 1 amide bonds. The summed E-state index contributed by atoms with van der Waals surface area (Å²) in [5.41, 5.74) is -0.473.